The second-order valence-corrected chi connectivity index (χ2v) is 4.06. The van der Waals surface area contributed by atoms with Gasteiger partial charge in [-0.2, -0.15) is 18.8 Å². The molecule has 117 valence electrons. The number of hydrogen-bond acceptors (Lipinski definition) is 1. The van der Waals surface area contributed by atoms with Gasteiger partial charge in [0.1, 0.15) is 0 Å². The Morgan fingerprint density at radius 1 is 0.950 bits per heavy atom. The zero-order valence-corrected chi connectivity index (χ0v) is 18.4. The Hall–Kier alpha value is 0.924. The Bertz CT molecular complexity index is 241. The van der Waals surface area contributed by atoms with Gasteiger partial charge in [-0.05, 0) is 12.1 Å². The normalized spacial score (nSPS) is 7.60. The first-order valence-corrected chi connectivity index (χ1v) is 8.07. The Morgan fingerprint density at radius 3 is 1.50 bits per heavy atom. The van der Waals surface area contributed by atoms with Crippen molar-refractivity contribution in [3.05, 3.63) is 40.2 Å². The van der Waals surface area contributed by atoms with E-state index in [1.165, 1.54) is 6.42 Å². The summed E-state index contributed by atoms with van der Waals surface area (Å²) in [6, 6.07) is 7.58. The Kier molecular flexibility index (Phi) is 40.8. The van der Waals surface area contributed by atoms with Crippen LogP contribution in [0.5, 0.6) is 0 Å². The maximum absolute atomic E-state index is 5.63. The van der Waals surface area contributed by atoms with E-state index in [2.05, 4.69) is 19.2 Å². The predicted molar refractivity (Wildman–Crippen MR) is 94.3 cm³/mol. The van der Waals surface area contributed by atoms with Crippen LogP contribution in [0, 0.1) is 0 Å². The second kappa shape index (κ2) is 28.1. The van der Waals surface area contributed by atoms with E-state index in [4.69, 9.17) is 24.2 Å². The molecule has 0 N–H and O–H groups in total. The smallest absolute Gasteiger partial charge is 0.0406 e. The molecule has 1 aromatic rings. The molecule has 1 radical (unpaired) electrons. The summed E-state index contributed by atoms with van der Waals surface area (Å²) in [6.07, 6.45) is 1.25. The summed E-state index contributed by atoms with van der Waals surface area (Å²) in [5, 5.41) is 4.74. The molecule has 0 amide bonds. The van der Waals surface area contributed by atoms with Gasteiger partial charge in [-0.15, -0.1) is 0 Å². The molecular formula is C16H30ClNSY-2. The van der Waals surface area contributed by atoms with Crippen LogP contribution in [0.4, 0.5) is 0 Å². The maximum Gasteiger partial charge on any atom is 0.0406 e. The SMILES string of the molecule is CC.CCC.CC[N-]CC.[S-]Cc1ccc(Cl)cc1.[Y]. The molecule has 1 rings (SSSR count). The van der Waals surface area contributed by atoms with E-state index >= 15 is 0 Å². The summed E-state index contributed by atoms with van der Waals surface area (Å²) < 4.78 is 0. The van der Waals surface area contributed by atoms with Crippen LogP contribution in [-0.2, 0) is 51.1 Å². The fourth-order valence-electron chi connectivity index (χ4n) is 0.804. The van der Waals surface area contributed by atoms with Crippen LogP contribution in [0.15, 0.2) is 24.3 Å². The van der Waals surface area contributed by atoms with Gasteiger partial charge in [0.15, 0.2) is 0 Å². The van der Waals surface area contributed by atoms with Crippen molar-refractivity contribution >= 4 is 24.2 Å². The van der Waals surface area contributed by atoms with E-state index in [0.29, 0.717) is 5.75 Å². The van der Waals surface area contributed by atoms with Crippen molar-refractivity contribution in [2.24, 2.45) is 0 Å². The molecule has 0 aromatic heterocycles. The Morgan fingerprint density at radius 2 is 1.30 bits per heavy atom. The molecule has 0 saturated heterocycles. The standard InChI is InChI=1S/C7H7ClS.C4H10N.C3H8.C2H6.Y/c8-7-3-1-6(5-9)2-4-7;1-3-5-4-2;1-3-2;1-2;/h1-4,9H,5H2;3-4H2,1-2H3;3H2,1-2H3;1-2H3;/q;-1;;;/p-1. The number of nitrogens with zero attached hydrogens (tertiary/aromatic N) is 1. The Labute approximate surface area is 162 Å². The van der Waals surface area contributed by atoms with Crippen LogP contribution in [0.3, 0.4) is 0 Å². The molecule has 0 heterocycles. The summed E-state index contributed by atoms with van der Waals surface area (Å²) >= 11 is 10.5. The van der Waals surface area contributed by atoms with Gasteiger partial charge < -0.3 is 17.9 Å². The number of hydrogen-bond donors (Lipinski definition) is 0. The van der Waals surface area contributed by atoms with Crippen LogP contribution in [0.2, 0.25) is 5.02 Å². The molecule has 1 nitrogen and oxygen atoms in total. The second-order valence-electron chi connectivity index (χ2n) is 3.33. The molecule has 4 heteroatoms. The Balaban J connectivity index is -0.000000101. The van der Waals surface area contributed by atoms with Gasteiger partial charge >= 0.3 is 0 Å². The van der Waals surface area contributed by atoms with Crippen molar-refractivity contribution in [3.63, 3.8) is 0 Å². The quantitative estimate of drug-likeness (QED) is 0.556. The van der Waals surface area contributed by atoms with Crippen LogP contribution >= 0.6 is 11.6 Å². The van der Waals surface area contributed by atoms with Gasteiger partial charge in [0, 0.05) is 37.7 Å². The van der Waals surface area contributed by atoms with Crippen molar-refractivity contribution in [2.75, 3.05) is 13.1 Å². The predicted octanol–water partition coefficient (Wildman–Crippen LogP) is 6.23. The van der Waals surface area contributed by atoms with Gasteiger partial charge in [-0.3, -0.25) is 0 Å². The summed E-state index contributed by atoms with van der Waals surface area (Å²) in [5.74, 6) is 0.664. The molecule has 20 heavy (non-hydrogen) atoms. The van der Waals surface area contributed by atoms with E-state index in [9.17, 15) is 0 Å². The fourth-order valence-corrected chi connectivity index (χ4v) is 1.12. The zero-order valence-electron chi connectivity index (χ0n) is 13.9. The van der Waals surface area contributed by atoms with E-state index in [1.54, 1.807) is 0 Å². The molecule has 1 aromatic carbocycles. The topological polar surface area (TPSA) is 14.1 Å². The molecule has 0 atom stereocenters. The first-order chi connectivity index (χ1) is 9.15. The molecule has 0 aliphatic heterocycles. The molecule has 0 aliphatic rings. The van der Waals surface area contributed by atoms with Crippen molar-refractivity contribution in [1.82, 2.24) is 0 Å². The van der Waals surface area contributed by atoms with Crippen molar-refractivity contribution in [1.29, 1.82) is 0 Å². The fraction of sp³-hybridized carbons (Fsp3) is 0.625. The van der Waals surface area contributed by atoms with Gasteiger partial charge in [-0.1, -0.05) is 77.3 Å². The summed E-state index contributed by atoms with van der Waals surface area (Å²) in [6.45, 7) is 14.3. The third-order valence-electron chi connectivity index (χ3n) is 1.53. The van der Waals surface area contributed by atoms with E-state index in [1.807, 2.05) is 52.0 Å². The van der Waals surface area contributed by atoms with Gasteiger partial charge in [0.25, 0.3) is 0 Å². The molecular weight excluding hydrogens is 363 g/mol. The van der Waals surface area contributed by atoms with Crippen molar-refractivity contribution in [2.45, 2.75) is 53.7 Å². The molecule has 0 unspecified atom stereocenters. The average molecular weight is 393 g/mol. The monoisotopic (exact) mass is 392 g/mol. The maximum atomic E-state index is 5.63. The van der Waals surface area contributed by atoms with Gasteiger partial charge in [0.05, 0.1) is 0 Å². The molecule has 0 aliphatic carbocycles. The number of halogens is 1. The first-order valence-electron chi connectivity index (χ1n) is 7.11. The molecule has 0 saturated carbocycles. The third kappa shape index (κ3) is 27.3. The van der Waals surface area contributed by atoms with E-state index in [-0.39, 0.29) is 32.7 Å². The minimum atomic E-state index is 0. The third-order valence-corrected chi connectivity index (χ3v) is 2.11. The van der Waals surface area contributed by atoms with Crippen LogP contribution in [0.25, 0.3) is 5.32 Å². The van der Waals surface area contributed by atoms with E-state index in [0.717, 1.165) is 23.7 Å². The molecule has 0 bridgehead atoms. The minimum Gasteiger partial charge on any atom is -0.788 e. The number of benzene rings is 1. The minimum absolute atomic E-state index is 0. The van der Waals surface area contributed by atoms with Crippen LogP contribution in [-0.4, -0.2) is 13.1 Å². The zero-order chi connectivity index (χ0) is 15.5. The van der Waals surface area contributed by atoms with Crippen molar-refractivity contribution in [3.8, 4) is 0 Å². The molecule has 0 spiro atoms. The van der Waals surface area contributed by atoms with Gasteiger partial charge in [0.2, 0.25) is 0 Å². The molecule has 0 fully saturated rings. The van der Waals surface area contributed by atoms with Crippen LogP contribution < -0.4 is 0 Å². The number of rotatable bonds is 3. The largest absolute Gasteiger partial charge is 0.788 e. The first kappa shape index (κ1) is 29.0. The average Bonchev–Trinajstić information content (AvgIpc) is 2.44. The van der Waals surface area contributed by atoms with Crippen molar-refractivity contribution < 1.29 is 32.7 Å². The summed E-state index contributed by atoms with van der Waals surface area (Å²) in [4.78, 5) is 0. The van der Waals surface area contributed by atoms with Crippen LogP contribution in [0.1, 0.15) is 53.5 Å². The van der Waals surface area contributed by atoms with Gasteiger partial charge in [-0.25, -0.2) is 0 Å². The summed E-state index contributed by atoms with van der Waals surface area (Å²) in [7, 11) is 0. The van der Waals surface area contributed by atoms with E-state index < -0.39 is 0 Å². The summed E-state index contributed by atoms with van der Waals surface area (Å²) in [5.41, 5.74) is 1.15.